The molecule has 0 saturated carbocycles. The minimum absolute atomic E-state index is 0.0136. The zero-order valence-corrected chi connectivity index (χ0v) is 13.4. The molecule has 0 unspecified atom stereocenters. The maximum atomic E-state index is 4.29. The van der Waals surface area contributed by atoms with E-state index in [1.165, 1.54) is 11.5 Å². The van der Waals surface area contributed by atoms with Gasteiger partial charge in [0.05, 0.1) is 5.69 Å². The highest BCUT2D eigenvalue weighted by Gasteiger charge is 2.25. The molecule has 0 saturated heterocycles. The first kappa shape index (κ1) is 14.5. The van der Waals surface area contributed by atoms with Crippen molar-refractivity contribution in [1.29, 1.82) is 0 Å². The summed E-state index contributed by atoms with van der Waals surface area (Å²) in [4.78, 5) is 1.06. The molecule has 0 atom stereocenters. The maximum absolute atomic E-state index is 4.29. The molecule has 2 aromatic rings. The first-order chi connectivity index (χ1) is 9.02. The number of hydrogen-bond acceptors (Lipinski definition) is 7. The van der Waals surface area contributed by atoms with Crippen molar-refractivity contribution in [3.8, 4) is 9.88 Å². The van der Waals surface area contributed by atoms with Crippen LogP contribution in [-0.2, 0) is 11.8 Å². The summed E-state index contributed by atoms with van der Waals surface area (Å²) in [7, 11) is 1.96. The molecule has 19 heavy (non-hydrogen) atoms. The second-order valence-electron chi connectivity index (χ2n) is 5.41. The van der Waals surface area contributed by atoms with Crippen molar-refractivity contribution in [3.63, 3.8) is 0 Å². The molecule has 1 N–H and O–H groups in total. The lowest BCUT2D eigenvalue weighted by atomic mass is 9.91. The van der Waals surface area contributed by atoms with E-state index in [2.05, 4.69) is 45.9 Å². The van der Waals surface area contributed by atoms with Crippen molar-refractivity contribution in [2.45, 2.75) is 39.0 Å². The minimum atomic E-state index is -0.0136. The fourth-order valence-corrected chi connectivity index (χ4v) is 3.50. The van der Waals surface area contributed by atoms with Crippen LogP contribution in [0.5, 0.6) is 0 Å². The van der Waals surface area contributed by atoms with Crippen LogP contribution in [0.4, 0.5) is 0 Å². The van der Waals surface area contributed by atoms with E-state index in [9.17, 15) is 0 Å². The molecule has 0 radical (unpaired) electrons. The Morgan fingerprint density at radius 3 is 2.63 bits per heavy atom. The topological polar surface area (TPSA) is 63.6 Å². The monoisotopic (exact) mass is 297 g/mol. The summed E-state index contributed by atoms with van der Waals surface area (Å²) in [5.41, 5.74) is 0.996. The molecule has 104 valence electrons. The van der Waals surface area contributed by atoms with Gasteiger partial charge in [0.2, 0.25) is 0 Å². The van der Waals surface area contributed by atoms with E-state index in [0.717, 1.165) is 40.0 Å². The fraction of sp³-hybridized carbons (Fsp3) is 0.667. The Morgan fingerprint density at radius 2 is 1.95 bits per heavy atom. The van der Waals surface area contributed by atoms with Crippen molar-refractivity contribution in [2.24, 2.45) is 0 Å². The third kappa shape index (κ3) is 3.55. The summed E-state index contributed by atoms with van der Waals surface area (Å²) in [6.45, 7) is 7.43. The van der Waals surface area contributed by atoms with Gasteiger partial charge in [-0.3, -0.25) is 0 Å². The third-order valence-electron chi connectivity index (χ3n) is 2.68. The van der Waals surface area contributed by atoms with Crippen molar-refractivity contribution in [3.05, 3.63) is 10.7 Å². The predicted octanol–water partition coefficient (Wildman–Crippen LogP) is 2.51. The second-order valence-corrected chi connectivity index (χ2v) is 7.22. The molecule has 0 fully saturated rings. The van der Waals surface area contributed by atoms with Gasteiger partial charge in [0.1, 0.15) is 9.88 Å². The molecular formula is C12H19N5S2. The van der Waals surface area contributed by atoms with E-state index in [-0.39, 0.29) is 5.41 Å². The van der Waals surface area contributed by atoms with Crippen LogP contribution in [0.1, 0.15) is 37.9 Å². The van der Waals surface area contributed by atoms with Crippen LogP contribution in [-0.4, -0.2) is 33.4 Å². The number of hydrogen-bond donors (Lipinski definition) is 1. The van der Waals surface area contributed by atoms with Gasteiger partial charge in [-0.05, 0) is 31.5 Å². The molecule has 0 aliphatic rings. The highest BCUT2D eigenvalue weighted by molar-refractivity contribution is 7.19. The Bertz CT molecular complexity index is 526. The van der Waals surface area contributed by atoms with Gasteiger partial charge in [0.15, 0.2) is 5.01 Å². The number of nitrogens with one attached hydrogen (secondary N) is 1. The lowest BCUT2D eigenvalue weighted by Gasteiger charge is -2.15. The van der Waals surface area contributed by atoms with E-state index >= 15 is 0 Å². The van der Waals surface area contributed by atoms with Crippen molar-refractivity contribution >= 4 is 22.9 Å². The third-order valence-corrected chi connectivity index (χ3v) is 4.54. The Hall–Kier alpha value is -0.920. The molecule has 0 aliphatic carbocycles. The van der Waals surface area contributed by atoms with Crippen molar-refractivity contribution in [1.82, 2.24) is 25.1 Å². The maximum Gasteiger partial charge on any atom is 0.161 e. The van der Waals surface area contributed by atoms with Crippen molar-refractivity contribution in [2.75, 3.05) is 13.6 Å². The molecule has 0 aromatic carbocycles. The smallest absolute Gasteiger partial charge is 0.161 e. The van der Waals surface area contributed by atoms with Gasteiger partial charge in [-0.2, -0.15) is 0 Å². The number of aromatic nitrogens is 4. The van der Waals surface area contributed by atoms with E-state index < -0.39 is 0 Å². The van der Waals surface area contributed by atoms with Crippen molar-refractivity contribution < 1.29 is 0 Å². The summed E-state index contributed by atoms with van der Waals surface area (Å²) < 4.78 is 4.07. The zero-order chi connectivity index (χ0) is 13.9. The second kappa shape index (κ2) is 6.02. The highest BCUT2D eigenvalue weighted by Crippen LogP contribution is 2.35. The molecule has 2 aromatic heterocycles. The Labute approximate surface area is 121 Å². The molecule has 2 heterocycles. The molecule has 2 rings (SSSR count). The van der Waals surface area contributed by atoms with Gasteiger partial charge >= 0.3 is 0 Å². The lowest BCUT2D eigenvalue weighted by molar-refractivity contribution is 0.568. The number of aryl methyl sites for hydroxylation is 1. The highest BCUT2D eigenvalue weighted by atomic mass is 32.1. The molecule has 7 heteroatoms. The van der Waals surface area contributed by atoms with Gasteiger partial charge in [0, 0.05) is 11.8 Å². The first-order valence-corrected chi connectivity index (χ1v) is 7.91. The molecule has 0 amide bonds. The van der Waals surface area contributed by atoms with Gasteiger partial charge < -0.3 is 5.32 Å². The molecule has 0 spiro atoms. The molecule has 0 bridgehead atoms. The van der Waals surface area contributed by atoms with Crippen LogP contribution >= 0.6 is 22.9 Å². The average molecular weight is 297 g/mol. The molecule has 0 aliphatic heterocycles. The Balaban J connectivity index is 2.17. The van der Waals surface area contributed by atoms with Gasteiger partial charge in [-0.1, -0.05) is 36.6 Å². The van der Waals surface area contributed by atoms with Gasteiger partial charge in [0.25, 0.3) is 0 Å². The first-order valence-electron chi connectivity index (χ1n) is 6.32. The lowest BCUT2D eigenvalue weighted by Crippen LogP contribution is -2.12. The molecular weight excluding hydrogens is 278 g/mol. The van der Waals surface area contributed by atoms with E-state index in [1.54, 1.807) is 11.3 Å². The summed E-state index contributed by atoms with van der Waals surface area (Å²) in [5.74, 6) is 0. The van der Waals surface area contributed by atoms with E-state index in [1.807, 2.05) is 7.05 Å². The fourth-order valence-electron chi connectivity index (χ4n) is 1.68. The quantitative estimate of drug-likeness (QED) is 0.859. The summed E-state index contributed by atoms with van der Waals surface area (Å²) in [6, 6.07) is 0. The van der Waals surface area contributed by atoms with Crippen LogP contribution in [0, 0.1) is 0 Å². The summed E-state index contributed by atoms with van der Waals surface area (Å²) >= 11 is 3.06. The minimum Gasteiger partial charge on any atom is -0.320 e. The normalized spacial score (nSPS) is 12.0. The Morgan fingerprint density at radius 1 is 1.16 bits per heavy atom. The van der Waals surface area contributed by atoms with Crippen LogP contribution in [0.25, 0.3) is 9.88 Å². The summed E-state index contributed by atoms with van der Waals surface area (Å²) in [5, 5.41) is 18.0. The van der Waals surface area contributed by atoms with Gasteiger partial charge in [-0.25, -0.2) is 0 Å². The molecule has 5 nitrogen and oxygen atoms in total. The number of nitrogens with zero attached hydrogens (tertiary/aromatic N) is 4. The van der Waals surface area contributed by atoms with Crippen LogP contribution < -0.4 is 5.32 Å². The number of rotatable bonds is 5. The zero-order valence-electron chi connectivity index (χ0n) is 11.7. The van der Waals surface area contributed by atoms with Crippen LogP contribution in [0.3, 0.4) is 0 Å². The standard InChI is InChI=1S/C12H19N5S2/c1-12(2,3)10-9(19-17-15-10)11-16-14-8(18-11)6-5-7-13-4/h13H,5-7H2,1-4H3. The van der Waals surface area contributed by atoms with E-state index in [0.29, 0.717) is 0 Å². The van der Waals surface area contributed by atoms with Crippen LogP contribution in [0.15, 0.2) is 0 Å². The summed E-state index contributed by atoms with van der Waals surface area (Å²) in [6.07, 6.45) is 2.05. The average Bonchev–Trinajstić information content (AvgIpc) is 2.96. The predicted molar refractivity (Wildman–Crippen MR) is 79.8 cm³/mol. The van der Waals surface area contributed by atoms with Crippen LogP contribution in [0.2, 0.25) is 0 Å². The SMILES string of the molecule is CNCCCc1nnc(-c2snnc2C(C)(C)C)s1. The van der Waals surface area contributed by atoms with E-state index in [4.69, 9.17) is 0 Å². The Kier molecular flexibility index (Phi) is 4.59. The van der Waals surface area contributed by atoms with Gasteiger partial charge in [-0.15, -0.1) is 15.3 Å². The largest absolute Gasteiger partial charge is 0.320 e.